The first-order valence-electron chi connectivity index (χ1n) is 6.11. The number of anilines is 1. The minimum atomic E-state index is -0.680. The van der Waals surface area contributed by atoms with Gasteiger partial charge in [-0.25, -0.2) is 0 Å². The van der Waals surface area contributed by atoms with Gasteiger partial charge < -0.3 is 16.2 Å². The zero-order valence-corrected chi connectivity index (χ0v) is 10.2. The van der Waals surface area contributed by atoms with Crippen molar-refractivity contribution in [1.82, 2.24) is 5.32 Å². The highest BCUT2D eigenvalue weighted by molar-refractivity contribution is 5.91. The van der Waals surface area contributed by atoms with Crippen molar-refractivity contribution in [3.8, 4) is 0 Å². The van der Waals surface area contributed by atoms with E-state index >= 15 is 0 Å². The number of hydrogen-bond acceptors (Lipinski definition) is 3. The van der Waals surface area contributed by atoms with Crippen LogP contribution < -0.4 is 11.1 Å². The van der Waals surface area contributed by atoms with Crippen molar-refractivity contribution in [3.05, 3.63) is 35.9 Å². The highest BCUT2D eigenvalue weighted by Gasteiger charge is 2.34. The van der Waals surface area contributed by atoms with Crippen molar-refractivity contribution in [2.24, 2.45) is 0 Å². The zero-order valence-electron chi connectivity index (χ0n) is 10.2. The van der Waals surface area contributed by atoms with Gasteiger partial charge in [-0.2, -0.15) is 0 Å². The Morgan fingerprint density at radius 1 is 1.50 bits per heavy atom. The summed E-state index contributed by atoms with van der Waals surface area (Å²) < 4.78 is 0. The van der Waals surface area contributed by atoms with Gasteiger partial charge in [0, 0.05) is 18.3 Å². The second kappa shape index (κ2) is 5.23. The van der Waals surface area contributed by atoms with E-state index < -0.39 is 5.60 Å². The molecule has 0 spiro atoms. The third-order valence-electron chi connectivity index (χ3n) is 3.21. The molecule has 4 heteroatoms. The van der Waals surface area contributed by atoms with E-state index in [0.717, 1.165) is 24.8 Å². The van der Waals surface area contributed by atoms with Gasteiger partial charge in [-0.3, -0.25) is 4.79 Å². The van der Waals surface area contributed by atoms with Crippen molar-refractivity contribution in [2.45, 2.75) is 24.9 Å². The Morgan fingerprint density at radius 3 is 2.89 bits per heavy atom. The van der Waals surface area contributed by atoms with Gasteiger partial charge in [0.2, 0.25) is 5.91 Å². The van der Waals surface area contributed by atoms with E-state index in [1.165, 1.54) is 6.08 Å². The van der Waals surface area contributed by atoms with Crippen molar-refractivity contribution in [3.63, 3.8) is 0 Å². The van der Waals surface area contributed by atoms with E-state index in [9.17, 15) is 9.90 Å². The topological polar surface area (TPSA) is 75.4 Å². The third-order valence-corrected chi connectivity index (χ3v) is 3.21. The van der Waals surface area contributed by atoms with Crippen molar-refractivity contribution in [2.75, 3.05) is 12.3 Å². The average Bonchev–Trinajstić information content (AvgIpc) is 2.31. The maximum Gasteiger partial charge on any atom is 0.244 e. The predicted molar refractivity (Wildman–Crippen MR) is 71.7 cm³/mol. The lowest BCUT2D eigenvalue weighted by Gasteiger charge is -2.36. The summed E-state index contributed by atoms with van der Waals surface area (Å²) >= 11 is 0. The Kier molecular flexibility index (Phi) is 3.67. The number of nitrogen functional groups attached to an aromatic ring is 1. The molecule has 96 valence electrons. The van der Waals surface area contributed by atoms with Gasteiger partial charge >= 0.3 is 0 Å². The lowest BCUT2D eigenvalue weighted by Crippen LogP contribution is -2.47. The maximum absolute atomic E-state index is 11.5. The van der Waals surface area contributed by atoms with Crippen LogP contribution in [-0.4, -0.2) is 23.2 Å². The minimum Gasteiger partial charge on any atom is -0.399 e. The van der Waals surface area contributed by atoms with Gasteiger partial charge in [-0.1, -0.05) is 12.1 Å². The van der Waals surface area contributed by atoms with Crippen molar-refractivity contribution >= 4 is 17.7 Å². The number of nitrogens with two attached hydrogens (primary N) is 1. The fourth-order valence-corrected chi connectivity index (χ4v) is 1.91. The minimum absolute atomic E-state index is 0.197. The SMILES string of the molecule is Nc1cccc(/C=C/C(=O)NCC2(O)CCC2)c1. The summed E-state index contributed by atoms with van der Waals surface area (Å²) in [5.74, 6) is -0.197. The second-order valence-corrected chi connectivity index (χ2v) is 4.80. The third kappa shape index (κ3) is 3.34. The molecule has 4 nitrogen and oxygen atoms in total. The molecule has 1 aromatic carbocycles. The normalized spacial score (nSPS) is 17.4. The van der Waals surface area contributed by atoms with E-state index in [1.54, 1.807) is 18.2 Å². The molecule has 0 bridgehead atoms. The molecule has 18 heavy (non-hydrogen) atoms. The smallest absolute Gasteiger partial charge is 0.244 e. The van der Waals surface area contributed by atoms with Crippen LogP contribution in [0.5, 0.6) is 0 Å². The van der Waals surface area contributed by atoms with E-state index in [1.807, 2.05) is 12.1 Å². The molecular formula is C14H18N2O2. The molecule has 0 aromatic heterocycles. The lowest BCUT2D eigenvalue weighted by molar-refractivity contribution is -0.118. The van der Waals surface area contributed by atoms with Gasteiger partial charge in [0.15, 0.2) is 0 Å². The van der Waals surface area contributed by atoms with Crippen LogP contribution in [-0.2, 0) is 4.79 Å². The van der Waals surface area contributed by atoms with Crippen LogP contribution in [0, 0.1) is 0 Å². The van der Waals surface area contributed by atoms with Gasteiger partial charge in [0.05, 0.1) is 5.60 Å². The highest BCUT2D eigenvalue weighted by atomic mass is 16.3. The first-order chi connectivity index (χ1) is 8.57. The molecule has 1 amide bonds. The quantitative estimate of drug-likeness (QED) is 0.554. The predicted octanol–water partition coefficient (Wildman–Crippen LogP) is 1.31. The van der Waals surface area contributed by atoms with Crippen LogP contribution in [0.1, 0.15) is 24.8 Å². The molecule has 0 atom stereocenters. The van der Waals surface area contributed by atoms with Gasteiger partial charge in [-0.15, -0.1) is 0 Å². The molecular weight excluding hydrogens is 228 g/mol. The molecule has 0 aliphatic heterocycles. The number of amides is 1. The fraction of sp³-hybridized carbons (Fsp3) is 0.357. The monoisotopic (exact) mass is 246 g/mol. The molecule has 1 aromatic rings. The maximum atomic E-state index is 11.5. The number of carbonyl (C=O) groups excluding carboxylic acids is 1. The molecule has 0 saturated heterocycles. The molecule has 1 saturated carbocycles. The van der Waals surface area contributed by atoms with E-state index in [0.29, 0.717) is 12.2 Å². The lowest BCUT2D eigenvalue weighted by atomic mass is 9.80. The first kappa shape index (κ1) is 12.6. The summed E-state index contributed by atoms with van der Waals surface area (Å²) in [6, 6.07) is 7.30. The number of benzene rings is 1. The Hall–Kier alpha value is -1.81. The van der Waals surface area contributed by atoms with E-state index in [-0.39, 0.29) is 5.91 Å². The summed E-state index contributed by atoms with van der Waals surface area (Å²) in [6.07, 6.45) is 5.73. The molecule has 2 rings (SSSR count). The van der Waals surface area contributed by atoms with E-state index in [4.69, 9.17) is 5.73 Å². The summed E-state index contributed by atoms with van der Waals surface area (Å²) in [4.78, 5) is 11.5. The Balaban J connectivity index is 1.83. The average molecular weight is 246 g/mol. The van der Waals surface area contributed by atoms with Crippen LogP contribution in [0.25, 0.3) is 6.08 Å². The largest absolute Gasteiger partial charge is 0.399 e. The van der Waals surface area contributed by atoms with Crippen LogP contribution in [0.4, 0.5) is 5.69 Å². The van der Waals surface area contributed by atoms with Crippen molar-refractivity contribution in [1.29, 1.82) is 0 Å². The molecule has 0 radical (unpaired) electrons. The molecule has 1 aliphatic carbocycles. The van der Waals surface area contributed by atoms with Crippen LogP contribution in [0.3, 0.4) is 0 Å². The highest BCUT2D eigenvalue weighted by Crippen LogP contribution is 2.30. The molecule has 4 N–H and O–H groups in total. The zero-order chi connectivity index (χ0) is 13.0. The van der Waals surface area contributed by atoms with Gasteiger partial charge in [-0.05, 0) is 43.0 Å². The number of hydrogen-bond donors (Lipinski definition) is 3. The summed E-state index contributed by atoms with van der Waals surface area (Å²) in [5.41, 5.74) is 6.51. The Bertz CT molecular complexity index is 465. The molecule has 1 aliphatic rings. The number of rotatable bonds is 4. The van der Waals surface area contributed by atoms with Crippen molar-refractivity contribution < 1.29 is 9.90 Å². The summed E-state index contributed by atoms with van der Waals surface area (Å²) in [6.45, 7) is 0.326. The van der Waals surface area contributed by atoms with Crippen LogP contribution in [0.15, 0.2) is 30.3 Å². The number of carbonyl (C=O) groups is 1. The number of nitrogens with one attached hydrogen (secondary N) is 1. The standard InChI is InChI=1S/C14H18N2O2/c15-12-4-1-3-11(9-12)5-6-13(17)16-10-14(18)7-2-8-14/h1,3-6,9,18H,2,7-8,10,15H2,(H,16,17)/b6-5+. The summed E-state index contributed by atoms with van der Waals surface area (Å²) in [7, 11) is 0. The Labute approximate surface area is 107 Å². The Morgan fingerprint density at radius 2 is 2.28 bits per heavy atom. The second-order valence-electron chi connectivity index (χ2n) is 4.80. The van der Waals surface area contributed by atoms with E-state index in [2.05, 4.69) is 5.32 Å². The number of aliphatic hydroxyl groups is 1. The van der Waals surface area contributed by atoms with Crippen LogP contribution >= 0.6 is 0 Å². The molecule has 1 fully saturated rings. The molecule has 0 heterocycles. The first-order valence-corrected chi connectivity index (χ1v) is 6.11. The van der Waals surface area contributed by atoms with Gasteiger partial charge in [0.25, 0.3) is 0 Å². The fourth-order valence-electron chi connectivity index (χ4n) is 1.91. The summed E-state index contributed by atoms with van der Waals surface area (Å²) in [5, 5.41) is 12.5. The molecule has 0 unspecified atom stereocenters. The van der Waals surface area contributed by atoms with Crippen LogP contribution in [0.2, 0.25) is 0 Å². The van der Waals surface area contributed by atoms with Gasteiger partial charge in [0.1, 0.15) is 0 Å².